The maximum atomic E-state index is 13.5. The highest BCUT2D eigenvalue weighted by Crippen LogP contribution is 2.42. The first-order chi connectivity index (χ1) is 16.1. The predicted molar refractivity (Wildman–Crippen MR) is 126 cm³/mol. The molecule has 1 N–H and O–H groups in total. The molecule has 8 nitrogen and oxygen atoms in total. The molecule has 2 aromatic carbocycles. The van der Waals surface area contributed by atoms with E-state index in [1.165, 1.54) is 11.0 Å². The van der Waals surface area contributed by atoms with Crippen LogP contribution in [0.4, 0.5) is 11.4 Å². The summed E-state index contributed by atoms with van der Waals surface area (Å²) < 4.78 is 1.53. The Hall–Kier alpha value is -3.85. The second-order valence-corrected chi connectivity index (χ2v) is 8.98. The molecule has 1 saturated heterocycles. The van der Waals surface area contributed by atoms with Crippen LogP contribution in [0.2, 0.25) is 0 Å². The fourth-order valence-corrected chi connectivity index (χ4v) is 5.08. The van der Waals surface area contributed by atoms with Gasteiger partial charge < -0.3 is 10.2 Å². The number of aryl methyl sites for hydroxylation is 1. The van der Waals surface area contributed by atoms with E-state index in [9.17, 15) is 9.59 Å². The number of rotatable bonds is 5. The minimum atomic E-state index is -0.389. The molecule has 0 spiro atoms. The van der Waals surface area contributed by atoms with Gasteiger partial charge in [0, 0.05) is 22.7 Å². The van der Waals surface area contributed by atoms with E-state index in [1.807, 2.05) is 73.0 Å². The van der Waals surface area contributed by atoms with E-state index >= 15 is 0 Å². The van der Waals surface area contributed by atoms with Gasteiger partial charge >= 0.3 is 0 Å². The number of carbonyl (C=O) groups is 2. The number of hydrogen-bond acceptors (Lipinski definition) is 6. The highest BCUT2D eigenvalue weighted by Gasteiger charge is 2.42. The zero-order valence-electron chi connectivity index (χ0n) is 18.0. The Labute approximate surface area is 194 Å². The van der Waals surface area contributed by atoms with Crippen molar-refractivity contribution in [1.82, 2.24) is 20.2 Å². The van der Waals surface area contributed by atoms with Crippen molar-refractivity contribution < 1.29 is 9.59 Å². The van der Waals surface area contributed by atoms with Crippen LogP contribution < -0.4 is 10.2 Å². The van der Waals surface area contributed by atoms with Crippen LogP contribution in [0.1, 0.15) is 29.3 Å². The zero-order valence-corrected chi connectivity index (χ0v) is 18.8. The number of aromatic nitrogens is 4. The second-order valence-electron chi connectivity index (χ2n) is 8.00. The SMILES string of the molecule is Cc1ccc(N2C(=O)CC[C@@H](C(=O)Nc3cccc(-n4cnnn4)c3)[C@H]2c2cccs2)cc1. The lowest BCUT2D eigenvalue weighted by atomic mass is 9.86. The smallest absolute Gasteiger partial charge is 0.229 e. The van der Waals surface area contributed by atoms with E-state index in [0.29, 0.717) is 18.5 Å². The minimum Gasteiger partial charge on any atom is -0.326 e. The summed E-state index contributed by atoms with van der Waals surface area (Å²) in [6.07, 6.45) is 2.31. The average molecular weight is 459 g/mol. The van der Waals surface area contributed by atoms with E-state index < -0.39 is 0 Å². The number of hydrogen-bond donors (Lipinski definition) is 1. The molecule has 9 heteroatoms. The third kappa shape index (κ3) is 4.27. The Kier molecular flexibility index (Phi) is 5.70. The summed E-state index contributed by atoms with van der Waals surface area (Å²) in [5, 5.41) is 16.2. The Balaban J connectivity index is 1.46. The van der Waals surface area contributed by atoms with E-state index in [2.05, 4.69) is 20.8 Å². The topological polar surface area (TPSA) is 93.0 Å². The monoisotopic (exact) mass is 458 g/mol. The Morgan fingerprint density at radius 1 is 1.09 bits per heavy atom. The number of nitrogens with zero attached hydrogens (tertiary/aromatic N) is 5. The molecule has 0 saturated carbocycles. The molecule has 4 aromatic rings. The molecule has 1 aliphatic rings. The van der Waals surface area contributed by atoms with Gasteiger partial charge in [-0.15, -0.1) is 16.4 Å². The molecule has 2 aromatic heterocycles. The summed E-state index contributed by atoms with van der Waals surface area (Å²) in [4.78, 5) is 29.4. The van der Waals surface area contributed by atoms with E-state index in [4.69, 9.17) is 0 Å². The summed E-state index contributed by atoms with van der Waals surface area (Å²) >= 11 is 1.56. The van der Waals surface area contributed by atoms with Crippen molar-refractivity contribution in [2.75, 3.05) is 10.2 Å². The molecule has 0 bridgehead atoms. The van der Waals surface area contributed by atoms with Crippen LogP contribution in [0.15, 0.2) is 72.4 Å². The van der Waals surface area contributed by atoms with Gasteiger partial charge in [0.05, 0.1) is 17.6 Å². The number of anilines is 2. The number of nitrogens with one attached hydrogen (secondary N) is 1. The Morgan fingerprint density at radius 2 is 1.94 bits per heavy atom. The van der Waals surface area contributed by atoms with Crippen molar-refractivity contribution in [3.05, 3.63) is 82.8 Å². The maximum Gasteiger partial charge on any atom is 0.229 e. The third-order valence-electron chi connectivity index (χ3n) is 5.81. The number of thiophene rings is 1. The average Bonchev–Trinajstić information content (AvgIpc) is 3.54. The molecule has 0 aliphatic carbocycles. The molecular formula is C24H22N6O2S. The minimum absolute atomic E-state index is 0.0296. The quantitative estimate of drug-likeness (QED) is 0.485. The van der Waals surface area contributed by atoms with Crippen LogP contribution in [-0.2, 0) is 9.59 Å². The van der Waals surface area contributed by atoms with Crippen molar-refractivity contribution in [2.24, 2.45) is 5.92 Å². The van der Waals surface area contributed by atoms with Gasteiger partial charge in [0.25, 0.3) is 0 Å². The fraction of sp³-hybridized carbons (Fsp3) is 0.208. The molecule has 3 heterocycles. The first kappa shape index (κ1) is 21.0. The lowest BCUT2D eigenvalue weighted by Crippen LogP contribution is -2.46. The van der Waals surface area contributed by atoms with Crippen LogP contribution in [0.25, 0.3) is 5.69 Å². The lowest BCUT2D eigenvalue weighted by Gasteiger charge is -2.40. The molecule has 33 heavy (non-hydrogen) atoms. The van der Waals surface area contributed by atoms with Crippen molar-refractivity contribution in [3.63, 3.8) is 0 Å². The molecule has 166 valence electrons. The van der Waals surface area contributed by atoms with E-state index in [0.717, 1.165) is 21.8 Å². The van der Waals surface area contributed by atoms with E-state index in [-0.39, 0.29) is 23.8 Å². The highest BCUT2D eigenvalue weighted by atomic mass is 32.1. The largest absolute Gasteiger partial charge is 0.326 e. The molecule has 2 amide bonds. The van der Waals surface area contributed by atoms with Crippen LogP contribution in [-0.4, -0.2) is 32.0 Å². The van der Waals surface area contributed by atoms with Crippen LogP contribution in [0.5, 0.6) is 0 Å². The third-order valence-corrected chi connectivity index (χ3v) is 6.75. The molecule has 2 atom stereocenters. The van der Waals surface area contributed by atoms with Gasteiger partial charge in [-0.25, -0.2) is 4.68 Å². The summed E-state index contributed by atoms with van der Waals surface area (Å²) in [6, 6.07) is 18.8. The molecule has 5 rings (SSSR count). The van der Waals surface area contributed by atoms with Gasteiger partial charge in [0.15, 0.2) is 0 Å². The molecule has 0 unspecified atom stereocenters. The molecule has 1 aliphatic heterocycles. The predicted octanol–water partition coefficient (Wildman–Crippen LogP) is 4.16. The van der Waals surface area contributed by atoms with Gasteiger partial charge in [0.2, 0.25) is 11.8 Å². The normalized spacial score (nSPS) is 18.3. The van der Waals surface area contributed by atoms with Crippen LogP contribution >= 0.6 is 11.3 Å². The standard InChI is InChI=1S/C24H22N6O2S/c1-16-7-9-18(10-8-16)30-22(31)12-11-20(23(30)21-6-3-13-33-21)24(32)26-17-4-2-5-19(14-17)29-15-25-27-28-29/h2-10,13-15,20,23H,11-12H2,1H3,(H,26,32)/t20-,23+/m1/s1. The molecular weight excluding hydrogens is 436 g/mol. The number of piperidine rings is 1. The van der Waals surface area contributed by atoms with Gasteiger partial charge in [-0.2, -0.15) is 0 Å². The summed E-state index contributed by atoms with van der Waals surface area (Å²) in [7, 11) is 0. The Morgan fingerprint density at radius 3 is 2.67 bits per heavy atom. The van der Waals surface area contributed by atoms with E-state index in [1.54, 1.807) is 16.2 Å². The van der Waals surface area contributed by atoms with Gasteiger partial charge in [-0.3, -0.25) is 9.59 Å². The summed E-state index contributed by atoms with van der Waals surface area (Å²) in [6.45, 7) is 2.01. The van der Waals surface area contributed by atoms with Gasteiger partial charge in [-0.1, -0.05) is 29.8 Å². The van der Waals surface area contributed by atoms with Gasteiger partial charge in [-0.05, 0) is 65.5 Å². The number of tetrazole rings is 1. The summed E-state index contributed by atoms with van der Waals surface area (Å²) in [5.74, 6) is -0.479. The fourth-order valence-electron chi connectivity index (χ4n) is 4.20. The highest BCUT2D eigenvalue weighted by molar-refractivity contribution is 7.10. The van der Waals surface area contributed by atoms with Crippen molar-refractivity contribution in [2.45, 2.75) is 25.8 Å². The zero-order chi connectivity index (χ0) is 22.8. The molecule has 1 fully saturated rings. The number of amides is 2. The van der Waals surface area contributed by atoms with Gasteiger partial charge in [0.1, 0.15) is 6.33 Å². The first-order valence-corrected chi connectivity index (χ1v) is 11.5. The number of carbonyl (C=O) groups excluding carboxylic acids is 2. The van der Waals surface area contributed by atoms with Crippen LogP contribution in [0.3, 0.4) is 0 Å². The summed E-state index contributed by atoms with van der Waals surface area (Å²) in [5.41, 5.74) is 3.32. The Bertz CT molecular complexity index is 1250. The van der Waals surface area contributed by atoms with Crippen molar-refractivity contribution in [3.8, 4) is 5.69 Å². The number of benzene rings is 2. The maximum absolute atomic E-state index is 13.5. The van der Waals surface area contributed by atoms with Crippen molar-refractivity contribution in [1.29, 1.82) is 0 Å². The van der Waals surface area contributed by atoms with Crippen molar-refractivity contribution >= 4 is 34.5 Å². The second kappa shape index (κ2) is 8.95. The lowest BCUT2D eigenvalue weighted by molar-refractivity contribution is -0.125. The van der Waals surface area contributed by atoms with Crippen LogP contribution in [0, 0.1) is 12.8 Å². The first-order valence-electron chi connectivity index (χ1n) is 10.7. The molecule has 0 radical (unpaired) electrons.